The minimum atomic E-state index is -0.573. The molecule has 0 heterocycles. The monoisotopic (exact) mass is 409 g/mol. The second kappa shape index (κ2) is 8.84. The van der Waals surface area contributed by atoms with Crippen molar-refractivity contribution in [2.75, 3.05) is 0 Å². The quantitative estimate of drug-likeness (QED) is 0.261. The maximum atomic E-state index is 12.9. The Kier molecular flexibility index (Phi) is 5.80. The van der Waals surface area contributed by atoms with Crippen molar-refractivity contribution in [2.45, 2.75) is 20.0 Å². The van der Waals surface area contributed by atoms with E-state index in [9.17, 15) is 9.59 Å². The summed E-state index contributed by atoms with van der Waals surface area (Å²) in [6, 6.07) is 26.9. The van der Waals surface area contributed by atoms with Crippen molar-refractivity contribution in [1.82, 2.24) is 5.32 Å². The van der Waals surface area contributed by atoms with Crippen molar-refractivity contribution in [3.05, 3.63) is 102 Å². The van der Waals surface area contributed by atoms with E-state index in [2.05, 4.69) is 11.4 Å². The number of carbonyl (C=O) groups is 2. The maximum Gasteiger partial charge on any atom is 0.355 e. The molecule has 0 saturated heterocycles. The molecule has 1 amide bonds. The molecule has 0 aliphatic rings. The van der Waals surface area contributed by atoms with Gasteiger partial charge in [-0.05, 0) is 65.2 Å². The van der Waals surface area contributed by atoms with Crippen LogP contribution in [0.4, 0.5) is 0 Å². The third kappa shape index (κ3) is 4.48. The number of hydrogen-bond acceptors (Lipinski definition) is 3. The van der Waals surface area contributed by atoms with Crippen molar-refractivity contribution < 1.29 is 14.3 Å². The topological polar surface area (TPSA) is 55.4 Å². The molecule has 0 bridgehead atoms. The van der Waals surface area contributed by atoms with Crippen LogP contribution in [-0.2, 0) is 9.53 Å². The first kappa shape index (κ1) is 20.4. The molecular weight excluding hydrogens is 386 g/mol. The summed E-state index contributed by atoms with van der Waals surface area (Å²) in [6.07, 6.45) is 1.41. The fourth-order valence-electron chi connectivity index (χ4n) is 3.56. The van der Waals surface area contributed by atoms with E-state index < -0.39 is 5.97 Å². The predicted octanol–water partition coefficient (Wildman–Crippen LogP) is 5.72. The lowest BCUT2D eigenvalue weighted by molar-refractivity contribution is -0.142. The highest BCUT2D eigenvalue weighted by Crippen LogP contribution is 2.30. The van der Waals surface area contributed by atoms with E-state index in [1.807, 2.05) is 54.6 Å². The first-order valence-electron chi connectivity index (χ1n) is 10.2. The van der Waals surface area contributed by atoms with Gasteiger partial charge in [0.05, 0.1) is 6.10 Å². The average molecular weight is 409 g/mol. The molecule has 0 atom stereocenters. The minimum absolute atomic E-state index is 0.101. The molecule has 0 spiro atoms. The van der Waals surface area contributed by atoms with E-state index >= 15 is 0 Å². The van der Waals surface area contributed by atoms with Gasteiger partial charge in [-0.25, -0.2) is 4.79 Å². The summed E-state index contributed by atoms with van der Waals surface area (Å²) in [4.78, 5) is 25.7. The van der Waals surface area contributed by atoms with Gasteiger partial charge in [-0.15, -0.1) is 0 Å². The molecule has 4 aromatic carbocycles. The van der Waals surface area contributed by atoms with E-state index in [0.29, 0.717) is 5.56 Å². The van der Waals surface area contributed by atoms with Gasteiger partial charge in [0.1, 0.15) is 5.70 Å². The van der Waals surface area contributed by atoms with Crippen LogP contribution in [0.2, 0.25) is 0 Å². The molecule has 0 aliphatic carbocycles. The first-order chi connectivity index (χ1) is 15.0. The lowest BCUT2D eigenvalue weighted by Gasteiger charge is -2.14. The average Bonchev–Trinajstić information content (AvgIpc) is 2.78. The number of carbonyl (C=O) groups excluding carboxylic acids is 2. The normalized spacial score (nSPS) is 11.6. The Hall–Kier alpha value is -3.92. The van der Waals surface area contributed by atoms with Gasteiger partial charge in [-0.1, -0.05) is 66.7 Å². The fraction of sp³-hybridized carbons (Fsp3) is 0.111. The van der Waals surface area contributed by atoms with Crippen LogP contribution in [0.5, 0.6) is 0 Å². The van der Waals surface area contributed by atoms with Gasteiger partial charge in [-0.2, -0.15) is 0 Å². The first-order valence-corrected chi connectivity index (χ1v) is 10.2. The van der Waals surface area contributed by atoms with E-state index in [1.54, 1.807) is 44.2 Å². The number of nitrogens with one attached hydrogen (secondary N) is 1. The van der Waals surface area contributed by atoms with Crippen molar-refractivity contribution in [3.63, 3.8) is 0 Å². The number of ether oxygens (including phenoxy) is 1. The lowest BCUT2D eigenvalue weighted by Crippen LogP contribution is -2.29. The smallest absolute Gasteiger partial charge is 0.355 e. The largest absolute Gasteiger partial charge is 0.458 e. The van der Waals surface area contributed by atoms with Crippen LogP contribution >= 0.6 is 0 Å². The highest BCUT2D eigenvalue weighted by molar-refractivity contribution is 6.10. The van der Waals surface area contributed by atoms with Gasteiger partial charge >= 0.3 is 5.97 Å². The molecule has 0 fully saturated rings. The van der Waals surface area contributed by atoms with Crippen LogP contribution in [0, 0.1) is 0 Å². The molecule has 0 radical (unpaired) electrons. The van der Waals surface area contributed by atoms with E-state index in [-0.39, 0.29) is 17.7 Å². The van der Waals surface area contributed by atoms with Crippen molar-refractivity contribution in [1.29, 1.82) is 0 Å². The van der Waals surface area contributed by atoms with Crippen molar-refractivity contribution in [2.24, 2.45) is 0 Å². The standard InChI is InChI=1S/C27H23NO3/c1-18(2)31-27(30)25(28-26(29)19-10-4-3-5-11-19)17-24-22-14-8-6-12-20(22)16-21-13-7-9-15-23(21)24/h3-18H,1-2H3,(H,28,29). The molecule has 4 heteroatoms. The SMILES string of the molecule is CC(C)OC(=O)C(=Cc1c2ccccc2cc2ccccc12)NC(=O)c1ccccc1. The Balaban J connectivity index is 1.88. The molecule has 1 N–H and O–H groups in total. The summed E-state index contributed by atoms with van der Waals surface area (Å²) in [5.74, 6) is -0.937. The van der Waals surface area contributed by atoms with Crippen LogP contribution < -0.4 is 5.32 Å². The summed E-state index contributed by atoms with van der Waals surface area (Å²) in [5.41, 5.74) is 1.43. The molecular formula is C27H23NO3. The highest BCUT2D eigenvalue weighted by Gasteiger charge is 2.18. The summed E-state index contributed by atoms with van der Waals surface area (Å²) in [5, 5.41) is 6.85. The summed E-state index contributed by atoms with van der Waals surface area (Å²) >= 11 is 0. The second-order valence-corrected chi connectivity index (χ2v) is 7.56. The third-order valence-corrected chi connectivity index (χ3v) is 4.95. The minimum Gasteiger partial charge on any atom is -0.458 e. The highest BCUT2D eigenvalue weighted by atomic mass is 16.5. The van der Waals surface area contributed by atoms with Gasteiger partial charge in [-0.3, -0.25) is 4.79 Å². The van der Waals surface area contributed by atoms with E-state index in [0.717, 1.165) is 27.1 Å². The molecule has 4 nitrogen and oxygen atoms in total. The van der Waals surface area contributed by atoms with Crippen molar-refractivity contribution in [3.8, 4) is 0 Å². The Morgan fingerprint density at radius 1 is 0.806 bits per heavy atom. The molecule has 31 heavy (non-hydrogen) atoms. The number of amides is 1. The van der Waals surface area contributed by atoms with Crippen LogP contribution in [-0.4, -0.2) is 18.0 Å². The molecule has 0 aromatic heterocycles. The Labute approximate surface area is 181 Å². The molecule has 0 unspecified atom stereocenters. The molecule has 4 aromatic rings. The molecule has 0 aliphatic heterocycles. The van der Waals surface area contributed by atoms with Gasteiger partial charge in [0.15, 0.2) is 0 Å². The summed E-state index contributed by atoms with van der Waals surface area (Å²) < 4.78 is 5.42. The molecule has 154 valence electrons. The van der Waals surface area contributed by atoms with Gasteiger partial charge in [0, 0.05) is 5.56 Å². The Morgan fingerprint density at radius 2 is 1.35 bits per heavy atom. The summed E-state index contributed by atoms with van der Waals surface area (Å²) in [6.45, 7) is 3.56. The number of esters is 1. The summed E-state index contributed by atoms with van der Waals surface area (Å²) in [7, 11) is 0. The zero-order chi connectivity index (χ0) is 21.8. The number of rotatable bonds is 5. The number of hydrogen-bond donors (Lipinski definition) is 1. The molecule has 4 rings (SSSR count). The second-order valence-electron chi connectivity index (χ2n) is 7.56. The zero-order valence-electron chi connectivity index (χ0n) is 17.5. The lowest BCUT2D eigenvalue weighted by atomic mass is 9.96. The van der Waals surface area contributed by atoms with Crippen LogP contribution in [0.3, 0.4) is 0 Å². The predicted molar refractivity (Wildman–Crippen MR) is 125 cm³/mol. The van der Waals surface area contributed by atoms with Gasteiger partial charge < -0.3 is 10.1 Å². The number of fused-ring (bicyclic) bond motifs is 2. The van der Waals surface area contributed by atoms with Gasteiger partial charge in [0.2, 0.25) is 0 Å². The van der Waals surface area contributed by atoms with Crippen LogP contribution in [0.15, 0.2) is 90.6 Å². The van der Waals surface area contributed by atoms with E-state index in [1.165, 1.54) is 0 Å². The fourth-order valence-corrected chi connectivity index (χ4v) is 3.56. The Bertz CT molecular complexity index is 1240. The van der Waals surface area contributed by atoms with E-state index in [4.69, 9.17) is 4.74 Å². The Morgan fingerprint density at radius 3 is 1.94 bits per heavy atom. The van der Waals surface area contributed by atoms with Crippen LogP contribution in [0.25, 0.3) is 27.6 Å². The van der Waals surface area contributed by atoms with Crippen LogP contribution in [0.1, 0.15) is 29.8 Å². The maximum absolute atomic E-state index is 12.9. The third-order valence-electron chi connectivity index (χ3n) is 4.95. The number of benzene rings is 4. The molecule has 0 saturated carbocycles. The van der Waals surface area contributed by atoms with Gasteiger partial charge in [0.25, 0.3) is 5.91 Å². The zero-order valence-corrected chi connectivity index (χ0v) is 17.5. The van der Waals surface area contributed by atoms with Crippen molar-refractivity contribution >= 4 is 39.5 Å².